The largest absolute Gasteiger partial charge is 0.436 e. The van der Waals surface area contributed by atoms with E-state index in [0.29, 0.717) is 5.89 Å². The molecule has 0 radical (unpaired) electrons. The summed E-state index contributed by atoms with van der Waals surface area (Å²) in [5, 5.41) is 2.35. The molecular weight excluding hydrogens is 318 g/mol. The van der Waals surface area contributed by atoms with E-state index in [4.69, 9.17) is 9.40 Å². The second kappa shape index (κ2) is 6.16. The Hall–Kier alpha value is -3.39. The zero-order valence-corrected chi connectivity index (χ0v) is 14.2. The first-order chi connectivity index (χ1) is 12.9. The van der Waals surface area contributed by atoms with Crippen LogP contribution in [0.5, 0.6) is 0 Å². The quantitative estimate of drug-likeness (QED) is 0.390. The molecule has 0 aliphatic carbocycles. The van der Waals surface area contributed by atoms with E-state index >= 15 is 0 Å². The number of hydrogen-bond donors (Lipinski definition) is 0. The monoisotopic (exact) mass is 335 g/mol. The highest BCUT2D eigenvalue weighted by Gasteiger charge is 2.13. The average Bonchev–Trinajstić information content (AvgIpc) is 3.13. The minimum absolute atomic E-state index is 0.678. The molecule has 5 aromatic rings. The van der Waals surface area contributed by atoms with Gasteiger partial charge in [0.05, 0.1) is 0 Å². The van der Waals surface area contributed by atoms with Gasteiger partial charge >= 0.3 is 0 Å². The van der Waals surface area contributed by atoms with Gasteiger partial charge in [0, 0.05) is 17.5 Å². The summed E-state index contributed by atoms with van der Waals surface area (Å²) in [5.41, 5.74) is 5.24. The van der Waals surface area contributed by atoms with E-state index in [0.717, 1.165) is 34.0 Å². The van der Waals surface area contributed by atoms with Crippen molar-refractivity contribution in [1.29, 1.82) is 0 Å². The molecule has 0 saturated carbocycles. The van der Waals surface area contributed by atoms with Gasteiger partial charge in [-0.2, -0.15) is 0 Å². The Balaban J connectivity index is 1.65. The third kappa shape index (κ3) is 2.56. The Labute approximate surface area is 151 Å². The van der Waals surface area contributed by atoms with Crippen LogP contribution < -0.4 is 0 Å². The van der Waals surface area contributed by atoms with Gasteiger partial charge in [0.15, 0.2) is 5.58 Å². The van der Waals surface area contributed by atoms with Gasteiger partial charge in [-0.25, -0.2) is 4.98 Å². The molecule has 1 heterocycles. The van der Waals surface area contributed by atoms with Gasteiger partial charge in [0.2, 0.25) is 5.89 Å². The minimum atomic E-state index is 0.678. The van der Waals surface area contributed by atoms with Gasteiger partial charge < -0.3 is 4.42 Å². The Bertz CT molecular complexity index is 1200. The van der Waals surface area contributed by atoms with Crippen LogP contribution >= 0.6 is 0 Å². The first-order valence-electron chi connectivity index (χ1n) is 8.79. The molecular formula is C24H17NO. The van der Waals surface area contributed by atoms with Gasteiger partial charge in [0.25, 0.3) is 0 Å². The molecule has 2 nitrogen and oxygen atoms in total. The molecule has 124 valence electrons. The SMILES string of the molecule is c1ccc(Cc2cccc3nc(-c4cccc5ccccc45)oc23)cc1. The molecule has 0 aliphatic heterocycles. The predicted octanol–water partition coefficient (Wildman–Crippen LogP) is 6.24. The summed E-state index contributed by atoms with van der Waals surface area (Å²) in [5.74, 6) is 0.678. The van der Waals surface area contributed by atoms with E-state index in [1.165, 1.54) is 10.9 Å². The molecule has 0 amide bonds. The highest BCUT2D eigenvalue weighted by atomic mass is 16.3. The van der Waals surface area contributed by atoms with Crippen LogP contribution in [0.1, 0.15) is 11.1 Å². The molecule has 2 heteroatoms. The number of hydrogen-bond acceptors (Lipinski definition) is 2. The molecule has 26 heavy (non-hydrogen) atoms. The molecule has 1 aromatic heterocycles. The molecule has 0 saturated heterocycles. The van der Waals surface area contributed by atoms with Gasteiger partial charge in [-0.1, -0.05) is 78.9 Å². The average molecular weight is 335 g/mol. The molecule has 0 N–H and O–H groups in total. The summed E-state index contributed by atoms with van der Waals surface area (Å²) in [4.78, 5) is 4.77. The lowest BCUT2D eigenvalue weighted by Gasteiger charge is -2.03. The zero-order chi connectivity index (χ0) is 17.3. The van der Waals surface area contributed by atoms with Crippen molar-refractivity contribution in [1.82, 2.24) is 4.98 Å². The van der Waals surface area contributed by atoms with E-state index in [1.807, 2.05) is 12.1 Å². The number of oxazole rings is 1. The first-order valence-corrected chi connectivity index (χ1v) is 8.79. The fraction of sp³-hybridized carbons (Fsp3) is 0.0417. The smallest absolute Gasteiger partial charge is 0.227 e. The van der Waals surface area contributed by atoms with Crippen molar-refractivity contribution in [3.05, 3.63) is 102 Å². The standard InChI is InChI=1S/C24H17NO/c1-2-8-17(9-3-1)16-19-12-7-15-22-23(19)26-24(25-22)21-14-6-11-18-10-4-5-13-20(18)21/h1-15H,16H2. The minimum Gasteiger partial charge on any atom is -0.436 e. The summed E-state index contributed by atoms with van der Waals surface area (Å²) >= 11 is 0. The van der Waals surface area contributed by atoms with E-state index in [-0.39, 0.29) is 0 Å². The maximum atomic E-state index is 6.25. The zero-order valence-electron chi connectivity index (χ0n) is 14.2. The van der Waals surface area contributed by atoms with Crippen molar-refractivity contribution in [3.8, 4) is 11.5 Å². The third-order valence-electron chi connectivity index (χ3n) is 4.75. The first kappa shape index (κ1) is 14.9. The summed E-state index contributed by atoms with van der Waals surface area (Å²) < 4.78 is 6.25. The summed E-state index contributed by atoms with van der Waals surface area (Å²) in [6, 6.07) is 31.2. The maximum absolute atomic E-state index is 6.25. The fourth-order valence-corrected chi connectivity index (χ4v) is 3.49. The van der Waals surface area contributed by atoms with Gasteiger partial charge in [0.1, 0.15) is 5.52 Å². The van der Waals surface area contributed by atoms with Crippen molar-refractivity contribution in [3.63, 3.8) is 0 Å². The van der Waals surface area contributed by atoms with Crippen LogP contribution in [0, 0.1) is 0 Å². The number of para-hydroxylation sites is 1. The second-order valence-corrected chi connectivity index (χ2v) is 6.47. The van der Waals surface area contributed by atoms with Gasteiger partial charge in [-0.15, -0.1) is 0 Å². The van der Waals surface area contributed by atoms with Crippen LogP contribution in [-0.4, -0.2) is 4.98 Å². The Morgan fingerprint density at radius 1 is 0.692 bits per heavy atom. The van der Waals surface area contributed by atoms with Crippen LogP contribution in [0.25, 0.3) is 33.3 Å². The maximum Gasteiger partial charge on any atom is 0.227 e. The van der Waals surface area contributed by atoms with Gasteiger partial charge in [-0.05, 0) is 28.5 Å². The number of aromatic nitrogens is 1. The van der Waals surface area contributed by atoms with Crippen LogP contribution in [-0.2, 0) is 6.42 Å². The van der Waals surface area contributed by atoms with Crippen molar-refractivity contribution in [2.75, 3.05) is 0 Å². The lowest BCUT2D eigenvalue weighted by molar-refractivity contribution is 0.617. The topological polar surface area (TPSA) is 26.0 Å². The van der Waals surface area contributed by atoms with E-state index in [1.54, 1.807) is 0 Å². The Morgan fingerprint density at radius 2 is 1.46 bits per heavy atom. The van der Waals surface area contributed by atoms with Crippen LogP contribution in [0.3, 0.4) is 0 Å². The Morgan fingerprint density at radius 3 is 2.38 bits per heavy atom. The van der Waals surface area contributed by atoms with Crippen molar-refractivity contribution in [2.24, 2.45) is 0 Å². The molecule has 0 fully saturated rings. The third-order valence-corrected chi connectivity index (χ3v) is 4.75. The Kier molecular flexibility index (Phi) is 3.53. The summed E-state index contributed by atoms with van der Waals surface area (Å²) in [6.45, 7) is 0. The van der Waals surface area contributed by atoms with E-state index in [9.17, 15) is 0 Å². The molecule has 0 spiro atoms. The normalized spacial score (nSPS) is 11.2. The molecule has 0 unspecified atom stereocenters. The highest BCUT2D eigenvalue weighted by Crippen LogP contribution is 2.32. The summed E-state index contributed by atoms with van der Waals surface area (Å²) in [6.07, 6.45) is 0.836. The molecule has 0 bridgehead atoms. The summed E-state index contributed by atoms with van der Waals surface area (Å²) in [7, 11) is 0. The fourth-order valence-electron chi connectivity index (χ4n) is 3.49. The number of benzene rings is 4. The van der Waals surface area contributed by atoms with Crippen molar-refractivity contribution >= 4 is 21.9 Å². The second-order valence-electron chi connectivity index (χ2n) is 6.47. The van der Waals surface area contributed by atoms with Crippen LogP contribution in [0.4, 0.5) is 0 Å². The highest BCUT2D eigenvalue weighted by molar-refractivity contribution is 5.95. The predicted molar refractivity (Wildman–Crippen MR) is 106 cm³/mol. The number of rotatable bonds is 3. The van der Waals surface area contributed by atoms with E-state index < -0.39 is 0 Å². The molecule has 4 aromatic carbocycles. The van der Waals surface area contributed by atoms with Crippen LogP contribution in [0.2, 0.25) is 0 Å². The lowest BCUT2D eigenvalue weighted by Crippen LogP contribution is -1.87. The molecule has 0 atom stereocenters. The van der Waals surface area contributed by atoms with Gasteiger partial charge in [-0.3, -0.25) is 0 Å². The van der Waals surface area contributed by atoms with Crippen molar-refractivity contribution < 1.29 is 4.42 Å². The molecule has 0 aliphatic rings. The number of fused-ring (bicyclic) bond motifs is 2. The van der Waals surface area contributed by atoms with Crippen LogP contribution in [0.15, 0.2) is 95.4 Å². The molecule has 5 rings (SSSR count). The lowest BCUT2D eigenvalue weighted by atomic mass is 10.0. The number of nitrogens with zero attached hydrogens (tertiary/aromatic N) is 1. The van der Waals surface area contributed by atoms with E-state index in [2.05, 4.69) is 78.9 Å². The van der Waals surface area contributed by atoms with Crippen molar-refractivity contribution in [2.45, 2.75) is 6.42 Å².